The maximum absolute atomic E-state index is 13.7. The number of benzene rings is 2. The van der Waals surface area contributed by atoms with E-state index in [9.17, 15) is 4.39 Å². The van der Waals surface area contributed by atoms with E-state index < -0.39 is 0 Å². The molecule has 4 nitrogen and oxygen atoms in total. The number of thioether (sulfide) groups is 1. The molecule has 118 valence electrons. The van der Waals surface area contributed by atoms with Crippen molar-refractivity contribution in [3.63, 3.8) is 0 Å². The molecule has 0 unspecified atom stereocenters. The Bertz CT molecular complexity index is 819. The number of ether oxygens (including phenoxy) is 1. The Morgan fingerprint density at radius 2 is 1.96 bits per heavy atom. The van der Waals surface area contributed by atoms with E-state index in [2.05, 4.69) is 10.2 Å². The predicted octanol–water partition coefficient (Wildman–Crippen LogP) is 3.92. The van der Waals surface area contributed by atoms with Gasteiger partial charge in [-0.3, -0.25) is 0 Å². The number of halogens is 1. The molecule has 3 aromatic rings. The van der Waals surface area contributed by atoms with E-state index in [1.807, 2.05) is 41.9 Å². The molecule has 0 bridgehead atoms. The van der Waals surface area contributed by atoms with E-state index in [1.165, 1.54) is 17.8 Å². The number of methoxy groups -OCH3 is 1. The fourth-order valence-electron chi connectivity index (χ4n) is 2.21. The zero-order valence-corrected chi connectivity index (χ0v) is 13.7. The van der Waals surface area contributed by atoms with E-state index in [0.29, 0.717) is 11.3 Å². The first-order valence-electron chi connectivity index (χ1n) is 7.09. The third-order valence-corrected chi connectivity index (χ3v) is 4.55. The highest BCUT2D eigenvalue weighted by atomic mass is 32.2. The number of nitrogens with zero attached hydrogens (tertiary/aromatic N) is 3. The Hall–Kier alpha value is -2.34. The van der Waals surface area contributed by atoms with Crippen LogP contribution in [0.25, 0.3) is 11.4 Å². The van der Waals surface area contributed by atoms with Crippen molar-refractivity contribution in [1.82, 2.24) is 14.8 Å². The molecule has 0 aliphatic carbocycles. The first-order chi connectivity index (χ1) is 11.2. The number of rotatable bonds is 5. The molecular formula is C17H16FN3OS. The van der Waals surface area contributed by atoms with Crippen LogP contribution in [0.5, 0.6) is 5.75 Å². The van der Waals surface area contributed by atoms with Crippen molar-refractivity contribution in [2.75, 3.05) is 7.11 Å². The predicted molar refractivity (Wildman–Crippen MR) is 89.0 cm³/mol. The molecular weight excluding hydrogens is 313 g/mol. The summed E-state index contributed by atoms with van der Waals surface area (Å²) < 4.78 is 20.8. The monoisotopic (exact) mass is 329 g/mol. The van der Waals surface area contributed by atoms with Crippen molar-refractivity contribution in [3.05, 3.63) is 59.9 Å². The molecule has 0 amide bonds. The van der Waals surface area contributed by atoms with Crippen molar-refractivity contribution in [1.29, 1.82) is 0 Å². The Balaban J connectivity index is 1.80. The van der Waals surface area contributed by atoms with Crippen LogP contribution in [0.1, 0.15) is 5.56 Å². The van der Waals surface area contributed by atoms with Crippen LogP contribution in [0, 0.1) is 5.82 Å². The van der Waals surface area contributed by atoms with Crippen LogP contribution in [-0.2, 0) is 12.8 Å². The second-order valence-electron chi connectivity index (χ2n) is 4.98. The molecule has 0 aliphatic rings. The van der Waals surface area contributed by atoms with Crippen molar-refractivity contribution in [2.24, 2.45) is 7.05 Å². The van der Waals surface area contributed by atoms with Gasteiger partial charge < -0.3 is 9.30 Å². The van der Waals surface area contributed by atoms with Gasteiger partial charge in [-0.15, -0.1) is 10.2 Å². The average molecular weight is 329 g/mol. The zero-order valence-electron chi connectivity index (χ0n) is 12.9. The highest BCUT2D eigenvalue weighted by Gasteiger charge is 2.12. The Morgan fingerprint density at radius 1 is 1.13 bits per heavy atom. The topological polar surface area (TPSA) is 39.9 Å². The number of hydrogen-bond donors (Lipinski definition) is 0. The lowest BCUT2D eigenvalue weighted by molar-refractivity contribution is 0.415. The molecule has 2 aromatic carbocycles. The highest BCUT2D eigenvalue weighted by molar-refractivity contribution is 7.98. The van der Waals surface area contributed by atoms with E-state index >= 15 is 0 Å². The molecule has 6 heteroatoms. The minimum absolute atomic E-state index is 0.199. The van der Waals surface area contributed by atoms with E-state index in [-0.39, 0.29) is 5.82 Å². The van der Waals surface area contributed by atoms with Crippen LogP contribution in [-0.4, -0.2) is 21.9 Å². The molecule has 0 radical (unpaired) electrons. The summed E-state index contributed by atoms with van der Waals surface area (Å²) >= 11 is 1.46. The summed E-state index contributed by atoms with van der Waals surface area (Å²) in [5, 5.41) is 9.19. The van der Waals surface area contributed by atoms with Crippen LogP contribution in [0.3, 0.4) is 0 Å². The fourth-order valence-corrected chi connectivity index (χ4v) is 3.11. The molecule has 3 rings (SSSR count). The van der Waals surface area contributed by atoms with E-state index in [4.69, 9.17) is 4.74 Å². The van der Waals surface area contributed by atoms with Crippen LogP contribution in [0.4, 0.5) is 4.39 Å². The molecule has 0 fully saturated rings. The summed E-state index contributed by atoms with van der Waals surface area (Å²) in [6.45, 7) is 0. The van der Waals surface area contributed by atoms with Gasteiger partial charge in [-0.05, 0) is 23.8 Å². The summed E-state index contributed by atoms with van der Waals surface area (Å²) in [6, 6.07) is 14.4. The van der Waals surface area contributed by atoms with E-state index in [0.717, 1.165) is 22.3 Å². The molecule has 0 aliphatic heterocycles. The van der Waals surface area contributed by atoms with Gasteiger partial charge in [0.15, 0.2) is 11.0 Å². The van der Waals surface area contributed by atoms with Crippen LogP contribution in [0.2, 0.25) is 0 Å². The lowest BCUT2D eigenvalue weighted by Crippen LogP contribution is -1.96. The Kier molecular flexibility index (Phi) is 4.62. The molecule has 0 atom stereocenters. The van der Waals surface area contributed by atoms with Crippen molar-refractivity contribution >= 4 is 11.8 Å². The standard InChI is InChI=1S/C17H16FN3OS/c1-21-16(12-7-5-8-14(10-12)22-2)19-20-17(21)23-11-13-6-3-4-9-15(13)18/h3-10H,11H2,1-2H3. The van der Waals surface area contributed by atoms with Gasteiger partial charge >= 0.3 is 0 Å². The summed E-state index contributed by atoms with van der Waals surface area (Å²) in [7, 11) is 3.53. The van der Waals surface area contributed by atoms with Gasteiger partial charge in [-0.1, -0.05) is 42.1 Å². The summed E-state index contributed by atoms with van der Waals surface area (Å²) in [6.07, 6.45) is 0. The molecule has 0 saturated heterocycles. The molecule has 1 heterocycles. The molecule has 0 N–H and O–H groups in total. The summed E-state index contributed by atoms with van der Waals surface area (Å²) in [4.78, 5) is 0. The molecule has 23 heavy (non-hydrogen) atoms. The minimum atomic E-state index is -0.199. The Labute approximate surface area is 138 Å². The molecule has 0 saturated carbocycles. The lowest BCUT2D eigenvalue weighted by Gasteiger charge is -2.06. The summed E-state index contributed by atoms with van der Waals surface area (Å²) in [5.74, 6) is 1.83. The third-order valence-electron chi connectivity index (χ3n) is 3.48. The average Bonchev–Trinajstić information content (AvgIpc) is 2.95. The second kappa shape index (κ2) is 6.83. The largest absolute Gasteiger partial charge is 0.497 e. The van der Waals surface area contributed by atoms with Crippen molar-refractivity contribution in [2.45, 2.75) is 10.9 Å². The van der Waals surface area contributed by atoms with Gasteiger partial charge in [0.2, 0.25) is 0 Å². The van der Waals surface area contributed by atoms with Gasteiger partial charge in [0, 0.05) is 18.4 Å². The normalized spacial score (nSPS) is 10.7. The molecule has 0 spiro atoms. The maximum Gasteiger partial charge on any atom is 0.191 e. The minimum Gasteiger partial charge on any atom is -0.497 e. The van der Waals surface area contributed by atoms with Crippen molar-refractivity contribution in [3.8, 4) is 17.1 Å². The zero-order chi connectivity index (χ0) is 16.2. The van der Waals surface area contributed by atoms with E-state index in [1.54, 1.807) is 19.2 Å². The first kappa shape index (κ1) is 15.6. The van der Waals surface area contributed by atoms with Crippen LogP contribution in [0.15, 0.2) is 53.7 Å². The second-order valence-corrected chi connectivity index (χ2v) is 5.92. The van der Waals surface area contributed by atoms with Crippen LogP contribution < -0.4 is 4.74 Å². The molecule has 1 aromatic heterocycles. The Morgan fingerprint density at radius 3 is 2.74 bits per heavy atom. The number of aromatic nitrogens is 3. The fraction of sp³-hybridized carbons (Fsp3) is 0.176. The van der Waals surface area contributed by atoms with Gasteiger partial charge in [-0.25, -0.2) is 4.39 Å². The number of hydrogen-bond acceptors (Lipinski definition) is 4. The summed E-state index contributed by atoms with van der Waals surface area (Å²) in [5.41, 5.74) is 1.58. The smallest absolute Gasteiger partial charge is 0.191 e. The third kappa shape index (κ3) is 3.37. The van der Waals surface area contributed by atoms with Gasteiger partial charge in [0.05, 0.1) is 7.11 Å². The van der Waals surface area contributed by atoms with Crippen molar-refractivity contribution < 1.29 is 9.13 Å². The van der Waals surface area contributed by atoms with Gasteiger partial charge in [-0.2, -0.15) is 0 Å². The SMILES string of the molecule is COc1cccc(-c2nnc(SCc3ccccc3F)n2C)c1. The highest BCUT2D eigenvalue weighted by Crippen LogP contribution is 2.27. The lowest BCUT2D eigenvalue weighted by atomic mass is 10.2. The van der Waals surface area contributed by atoms with Crippen LogP contribution >= 0.6 is 11.8 Å². The quantitative estimate of drug-likeness (QED) is 0.665. The first-order valence-corrected chi connectivity index (χ1v) is 8.07. The van der Waals surface area contributed by atoms with Gasteiger partial charge in [0.25, 0.3) is 0 Å². The van der Waals surface area contributed by atoms with Gasteiger partial charge in [0.1, 0.15) is 11.6 Å². The maximum atomic E-state index is 13.7.